The lowest BCUT2D eigenvalue weighted by molar-refractivity contribution is -0.116. The largest absolute Gasteiger partial charge is 0.478 e. The molecule has 0 bridgehead atoms. The maximum atomic E-state index is 12.5. The molecule has 4 rings (SSSR count). The Labute approximate surface area is 173 Å². The van der Waals surface area contributed by atoms with Gasteiger partial charge in [0.1, 0.15) is 0 Å². The zero-order chi connectivity index (χ0) is 21.4. The third-order valence-corrected chi connectivity index (χ3v) is 5.38. The summed E-state index contributed by atoms with van der Waals surface area (Å²) in [5.74, 6) is -1.20. The fraction of sp³-hybridized carbons (Fsp3) is 0.217. The van der Waals surface area contributed by atoms with Gasteiger partial charge in [-0.3, -0.25) is 4.79 Å². The Morgan fingerprint density at radius 2 is 1.87 bits per heavy atom. The van der Waals surface area contributed by atoms with Crippen molar-refractivity contribution in [2.75, 3.05) is 5.32 Å². The average Bonchev–Trinajstić information content (AvgIpc) is 3.08. The summed E-state index contributed by atoms with van der Waals surface area (Å²) >= 11 is 0. The molecule has 30 heavy (non-hydrogen) atoms. The smallest absolute Gasteiger partial charge is 0.335 e. The number of hydrogen-bond acceptors (Lipinski definition) is 4. The standard InChI is InChI=1S/C23H22N4O3/c1-13-8-9-16(23(29)30)12-20(13)25-21(28)11-10-17-14(2)24-22-18-6-4-5-7-19(18)26-27(22)15(17)3/h4-9,12H,10-11H2,1-3H3,(H,25,28)(H,29,30). The molecule has 0 fully saturated rings. The van der Waals surface area contributed by atoms with Crippen LogP contribution in [0.3, 0.4) is 0 Å². The van der Waals surface area contributed by atoms with Crippen LogP contribution in [0.2, 0.25) is 0 Å². The third kappa shape index (κ3) is 3.50. The van der Waals surface area contributed by atoms with Crippen LogP contribution in [0.25, 0.3) is 16.6 Å². The van der Waals surface area contributed by atoms with Gasteiger partial charge < -0.3 is 10.4 Å². The van der Waals surface area contributed by atoms with E-state index in [0.717, 1.165) is 39.1 Å². The zero-order valence-electron chi connectivity index (χ0n) is 17.1. The topological polar surface area (TPSA) is 96.6 Å². The highest BCUT2D eigenvalue weighted by Crippen LogP contribution is 2.23. The van der Waals surface area contributed by atoms with Crippen molar-refractivity contribution in [3.63, 3.8) is 0 Å². The predicted molar refractivity (Wildman–Crippen MR) is 115 cm³/mol. The molecule has 0 saturated heterocycles. The zero-order valence-corrected chi connectivity index (χ0v) is 17.1. The summed E-state index contributed by atoms with van der Waals surface area (Å²) in [6, 6.07) is 12.6. The number of carbonyl (C=O) groups is 2. The quantitative estimate of drug-likeness (QED) is 0.524. The number of fused-ring (bicyclic) bond motifs is 3. The van der Waals surface area contributed by atoms with E-state index in [-0.39, 0.29) is 17.9 Å². The number of carboxylic acids is 1. The van der Waals surface area contributed by atoms with E-state index in [2.05, 4.69) is 10.4 Å². The second-order valence-electron chi connectivity index (χ2n) is 7.40. The Morgan fingerprint density at radius 3 is 2.63 bits per heavy atom. The summed E-state index contributed by atoms with van der Waals surface area (Å²) in [5, 5.41) is 17.6. The molecule has 7 nitrogen and oxygen atoms in total. The van der Waals surface area contributed by atoms with Crippen molar-refractivity contribution in [1.82, 2.24) is 14.6 Å². The maximum Gasteiger partial charge on any atom is 0.335 e. The number of benzene rings is 2. The SMILES string of the molecule is Cc1ccc(C(=O)O)cc1NC(=O)CCc1c(C)nc2c3ccccc3nn2c1C. The summed E-state index contributed by atoms with van der Waals surface area (Å²) in [5.41, 5.74) is 6.00. The third-order valence-electron chi connectivity index (χ3n) is 5.38. The number of aromatic nitrogens is 3. The van der Waals surface area contributed by atoms with Crippen LogP contribution in [0, 0.1) is 20.8 Å². The molecular weight excluding hydrogens is 380 g/mol. The molecule has 0 saturated carbocycles. The molecule has 0 radical (unpaired) electrons. The van der Waals surface area contributed by atoms with E-state index in [1.807, 2.05) is 49.6 Å². The van der Waals surface area contributed by atoms with Gasteiger partial charge in [0, 0.05) is 28.9 Å². The van der Waals surface area contributed by atoms with Crippen molar-refractivity contribution in [2.45, 2.75) is 33.6 Å². The number of carboxylic acid groups (broad SMARTS) is 1. The Hall–Kier alpha value is -3.74. The first-order valence-electron chi connectivity index (χ1n) is 9.72. The summed E-state index contributed by atoms with van der Waals surface area (Å²) in [4.78, 5) is 28.5. The fourth-order valence-electron chi connectivity index (χ4n) is 3.68. The van der Waals surface area contributed by atoms with Crippen molar-refractivity contribution < 1.29 is 14.7 Å². The molecule has 0 aliphatic rings. The van der Waals surface area contributed by atoms with Gasteiger partial charge in [0.15, 0.2) is 5.65 Å². The molecular formula is C23H22N4O3. The first-order chi connectivity index (χ1) is 14.3. The Balaban J connectivity index is 1.56. The van der Waals surface area contributed by atoms with Crippen LogP contribution in [0.15, 0.2) is 42.5 Å². The number of anilines is 1. The maximum absolute atomic E-state index is 12.5. The van der Waals surface area contributed by atoms with E-state index < -0.39 is 5.97 Å². The van der Waals surface area contributed by atoms with Gasteiger partial charge in [-0.15, -0.1) is 0 Å². The Morgan fingerprint density at radius 1 is 1.10 bits per heavy atom. The molecule has 2 heterocycles. The van der Waals surface area contributed by atoms with E-state index in [1.54, 1.807) is 6.07 Å². The number of hydrogen-bond donors (Lipinski definition) is 2. The second kappa shape index (κ2) is 7.59. The molecule has 2 aromatic heterocycles. The lowest BCUT2D eigenvalue weighted by Crippen LogP contribution is -2.15. The highest BCUT2D eigenvalue weighted by Gasteiger charge is 2.15. The van der Waals surface area contributed by atoms with Crippen LogP contribution in [0.4, 0.5) is 5.69 Å². The number of carbonyl (C=O) groups excluding carboxylic acids is 1. The van der Waals surface area contributed by atoms with E-state index in [0.29, 0.717) is 12.1 Å². The molecule has 0 aliphatic heterocycles. The first-order valence-corrected chi connectivity index (χ1v) is 9.72. The monoisotopic (exact) mass is 402 g/mol. The summed E-state index contributed by atoms with van der Waals surface area (Å²) < 4.78 is 1.84. The van der Waals surface area contributed by atoms with Crippen molar-refractivity contribution in [3.05, 3.63) is 70.5 Å². The van der Waals surface area contributed by atoms with Crippen molar-refractivity contribution >= 4 is 34.1 Å². The van der Waals surface area contributed by atoms with Crippen molar-refractivity contribution in [3.8, 4) is 0 Å². The molecule has 2 aromatic carbocycles. The minimum absolute atomic E-state index is 0.142. The van der Waals surface area contributed by atoms with Gasteiger partial charge in [-0.25, -0.2) is 14.3 Å². The number of rotatable bonds is 5. The number of nitrogens with one attached hydrogen (secondary N) is 1. The predicted octanol–water partition coefficient (Wildman–Crippen LogP) is 4.08. The normalized spacial score (nSPS) is 11.2. The van der Waals surface area contributed by atoms with Crippen LogP contribution in [0.5, 0.6) is 0 Å². The highest BCUT2D eigenvalue weighted by atomic mass is 16.4. The Bertz CT molecular complexity index is 1310. The molecule has 0 atom stereocenters. The summed E-state index contributed by atoms with van der Waals surface area (Å²) in [6.07, 6.45) is 0.771. The fourth-order valence-corrected chi connectivity index (χ4v) is 3.68. The molecule has 152 valence electrons. The number of aromatic carboxylic acids is 1. The van der Waals surface area contributed by atoms with E-state index in [1.165, 1.54) is 12.1 Å². The molecule has 0 unspecified atom stereocenters. The first kappa shape index (κ1) is 19.6. The van der Waals surface area contributed by atoms with Gasteiger partial charge in [-0.05, 0) is 62.6 Å². The summed E-state index contributed by atoms with van der Waals surface area (Å²) in [6.45, 7) is 5.76. The minimum atomic E-state index is -1.03. The van der Waals surface area contributed by atoms with Crippen molar-refractivity contribution in [2.24, 2.45) is 0 Å². The van der Waals surface area contributed by atoms with Crippen LogP contribution in [-0.4, -0.2) is 31.6 Å². The molecule has 1 amide bonds. The number of amides is 1. The van der Waals surface area contributed by atoms with Crippen LogP contribution in [-0.2, 0) is 11.2 Å². The van der Waals surface area contributed by atoms with Gasteiger partial charge in [-0.1, -0.05) is 18.2 Å². The van der Waals surface area contributed by atoms with Crippen LogP contribution < -0.4 is 5.32 Å². The van der Waals surface area contributed by atoms with Gasteiger partial charge in [0.2, 0.25) is 5.91 Å². The van der Waals surface area contributed by atoms with E-state index in [9.17, 15) is 9.59 Å². The molecule has 2 N–H and O–H groups in total. The molecule has 7 heteroatoms. The minimum Gasteiger partial charge on any atom is -0.478 e. The van der Waals surface area contributed by atoms with E-state index >= 15 is 0 Å². The molecule has 4 aromatic rings. The lowest BCUT2D eigenvalue weighted by atomic mass is 10.1. The average molecular weight is 402 g/mol. The summed E-state index contributed by atoms with van der Waals surface area (Å²) in [7, 11) is 0. The van der Waals surface area contributed by atoms with Crippen molar-refractivity contribution in [1.29, 1.82) is 0 Å². The molecule has 0 aliphatic carbocycles. The number of aryl methyl sites for hydroxylation is 3. The van der Waals surface area contributed by atoms with Gasteiger partial charge in [0.25, 0.3) is 0 Å². The number of nitrogens with zero attached hydrogens (tertiary/aromatic N) is 3. The van der Waals surface area contributed by atoms with Crippen LogP contribution in [0.1, 0.15) is 39.3 Å². The second-order valence-corrected chi connectivity index (χ2v) is 7.40. The van der Waals surface area contributed by atoms with Crippen LogP contribution >= 0.6 is 0 Å². The Kier molecular flexibility index (Phi) is 4.95. The lowest BCUT2D eigenvalue weighted by Gasteiger charge is -2.12. The van der Waals surface area contributed by atoms with Gasteiger partial charge in [-0.2, -0.15) is 5.10 Å². The highest BCUT2D eigenvalue weighted by molar-refractivity contribution is 5.95. The van der Waals surface area contributed by atoms with E-state index in [4.69, 9.17) is 10.1 Å². The molecule has 0 spiro atoms. The van der Waals surface area contributed by atoms with Gasteiger partial charge in [0.05, 0.1) is 11.1 Å². The van der Waals surface area contributed by atoms with Gasteiger partial charge >= 0.3 is 5.97 Å².